The van der Waals surface area contributed by atoms with Crippen LogP contribution >= 0.6 is 0 Å². The van der Waals surface area contributed by atoms with E-state index in [1.807, 2.05) is 6.08 Å². The summed E-state index contributed by atoms with van der Waals surface area (Å²) in [6, 6.07) is 0. The van der Waals surface area contributed by atoms with Crippen LogP contribution < -0.4 is 0 Å². The Hall–Kier alpha value is -1.58. The molecule has 1 saturated carbocycles. The molecule has 2 aliphatic heterocycles. The Labute approximate surface area is 87.6 Å². The SMILES string of the molecule is O=C(O)N1CCC=C2C=C(C3CC3)N=C21. The van der Waals surface area contributed by atoms with E-state index in [0.29, 0.717) is 18.3 Å². The van der Waals surface area contributed by atoms with Gasteiger partial charge in [0.1, 0.15) is 5.84 Å². The van der Waals surface area contributed by atoms with Crippen LogP contribution in [0.4, 0.5) is 4.79 Å². The van der Waals surface area contributed by atoms with Crippen LogP contribution in [0.15, 0.2) is 28.4 Å². The zero-order valence-corrected chi connectivity index (χ0v) is 8.31. The summed E-state index contributed by atoms with van der Waals surface area (Å²) in [4.78, 5) is 16.8. The molecule has 1 N–H and O–H groups in total. The molecule has 1 fully saturated rings. The van der Waals surface area contributed by atoms with Gasteiger partial charge in [0.05, 0.1) is 0 Å². The van der Waals surface area contributed by atoms with Gasteiger partial charge in [0.15, 0.2) is 0 Å². The summed E-state index contributed by atoms with van der Waals surface area (Å²) in [5.74, 6) is 1.22. The number of hydrogen-bond acceptors (Lipinski definition) is 2. The van der Waals surface area contributed by atoms with Crippen LogP contribution in [-0.4, -0.2) is 28.5 Å². The molecular formula is C11H12N2O2. The summed E-state index contributed by atoms with van der Waals surface area (Å²) in [5.41, 5.74) is 2.06. The van der Waals surface area contributed by atoms with Crippen molar-refractivity contribution in [3.63, 3.8) is 0 Å². The maximum atomic E-state index is 11.0. The molecule has 0 saturated heterocycles. The fraction of sp³-hybridized carbons (Fsp3) is 0.455. The van der Waals surface area contributed by atoms with Crippen molar-refractivity contribution in [2.75, 3.05) is 6.54 Å². The number of hydrogen-bond donors (Lipinski definition) is 1. The van der Waals surface area contributed by atoms with Gasteiger partial charge < -0.3 is 5.11 Å². The lowest BCUT2D eigenvalue weighted by atomic mass is 10.1. The first-order chi connectivity index (χ1) is 7.25. The van der Waals surface area contributed by atoms with Crippen LogP contribution in [0.25, 0.3) is 0 Å². The molecule has 0 atom stereocenters. The maximum Gasteiger partial charge on any atom is 0.413 e. The predicted molar refractivity (Wildman–Crippen MR) is 55.7 cm³/mol. The van der Waals surface area contributed by atoms with Gasteiger partial charge in [0.25, 0.3) is 0 Å². The second-order valence-corrected chi connectivity index (χ2v) is 4.16. The van der Waals surface area contributed by atoms with Crippen molar-refractivity contribution in [2.45, 2.75) is 19.3 Å². The van der Waals surface area contributed by atoms with Crippen molar-refractivity contribution < 1.29 is 9.90 Å². The number of rotatable bonds is 1. The number of amidine groups is 1. The van der Waals surface area contributed by atoms with Crippen molar-refractivity contribution in [1.29, 1.82) is 0 Å². The molecule has 3 aliphatic rings. The lowest BCUT2D eigenvalue weighted by Crippen LogP contribution is -2.38. The summed E-state index contributed by atoms with van der Waals surface area (Å²) in [6.07, 6.45) is 6.40. The maximum absolute atomic E-state index is 11.0. The molecule has 0 unspecified atom stereocenters. The zero-order valence-electron chi connectivity index (χ0n) is 8.31. The van der Waals surface area contributed by atoms with Gasteiger partial charge in [-0.25, -0.2) is 9.79 Å². The minimum Gasteiger partial charge on any atom is -0.465 e. The first-order valence-electron chi connectivity index (χ1n) is 5.27. The highest BCUT2D eigenvalue weighted by molar-refractivity contribution is 6.10. The van der Waals surface area contributed by atoms with Crippen LogP contribution in [-0.2, 0) is 0 Å². The molecule has 0 aromatic heterocycles. The van der Waals surface area contributed by atoms with E-state index in [9.17, 15) is 4.79 Å². The minimum atomic E-state index is -0.898. The lowest BCUT2D eigenvalue weighted by Gasteiger charge is -2.22. The highest BCUT2D eigenvalue weighted by atomic mass is 16.4. The van der Waals surface area contributed by atoms with Gasteiger partial charge in [-0.05, 0) is 25.3 Å². The number of nitrogens with zero attached hydrogens (tertiary/aromatic N) is 2. The second kappa shape index (κ2) is 2.95. The summed E-state index contributed by atoms with van der Waals surface area (Å²) >= 11 is 0. The Morgan fingerprint density at radius 2 is 2.33 bits per heavy atom. The van der Waals surface area contributed by atoms with Gasteiger partial charge in [0, 0.05) is 23.7 Å². The Balaban J connectivity index is 1.94. The summed E-state index contributed by atoms with van der Waals surface area (Å²) in [5, 5.41) is 9.02. The number of fused-ring (bicyclic) bond motifs is 1. The number of aliphatic imine (C=N–C) groups is 1. The molecule has 1 amide bonds. The number of amides is 1. The highest BCUT2D eigenvalue weighted by Crippen LogP contribution is 2.40. The molecule has 3 rings (SSSR count). The third kappa shape index (κ3) is 1.37. The quantitative estimate of drug-likeness (QED) is 0.710. The Morgan fingerprint density at radius 1 is 1.53 bits per heavy atom. The Kier molecular flexibility index (Phi) is 1.71. The van der Waals surface area contributed by atoms with E-state index >= 15 is 0 Å². The molecule has 0 aromatic rings. The van der Waals surface area contributed by atoms with E-state index in [1.54, 1.807) is 0 Å². The van der Waals surface area contributed by atoms with E-state index in [0.717, 1.165) is 17.7 Å². The molecule has 0 spiro atoms. The van der Waals surface area contributed by atoms with Crippen molar-refractivity contribution in [1.82, 2.24) is 4.90 Å². The second-order valence-electron chi connectivity index (χ2n) is 4.16. The molecule has 15 heavy (non-hydrogen) atoms. The molecule has 4 heteroatoms. The predicted octanol–water partition coefficient (Wildman–Crippen LogP) is 2.00. The summed E-state index contributed by atoms with van der Waals surface area (Å²) in [6.45, 7) is 0.531. The van der Waals surface area contributed by atoms with Gasteiger partial charge in [-0.3, -0.25) is 4.90 Å². The van der Waals surface area contributed by atoms with Gasteiger partial charge in [-0.2, -0.15) is 0 Å². The third-order valence-corrected chi connectivity index (χ3v) is 3.00. The fourth-order valence-corrected chi connectivity index (χ4v) is 2.04. The van der Waals surface area contributed by atoms with E-state index < -0.39 is 6.09 Å². The summed E-state index contributed by atoms with van der Waals surface area (Å²) in [7, 11) is 0. The van der Waals surface area contributed by atoms with E-state index in [1.165, 1.54) is 17.7 Å². The standard InChI is InChI=1S/C11H12N2O2/c14-11(15)13-5-1-2-8-6-9(7-3-4-7)12-10(8)13/h2,6-7H,1,3-5H2,(H,14,15). The first kappa shape index (κ1) is 8.71. The zero-order chi connectivity index (χ0) is 10.4. The van der Waals surface area contributed by atoms with Crippen molar-refractivity contribution in [3.8, 4) is 0 Å². The fourth-order valence-electron chi connectivity index (χ4n) is 2.04. The van der Waals surface area contributed by atoms with Crippen LogP contribution in [0.5, 0.6) is 0 Å². The smallest absolute Gasteiger partial charge is 0.413 e. The van der Waals surface area contributed by atoms with Gasteiger partial charge in [-0.1, -0.05) is 6.08 Å². The Morgan fingerprint density at radius 3 is 3.00 bits per heavy atom. The van der Waals surface area contributed by atoms with E-state index in [-0.39, 0.29) is 0 Å². The van der Waals surface area contributed by atoms with Crippen LogP contribution in [0, 0.1) is 5.92 Å². The van der Waals surface area contributed by atoms with Crippen LogP contribution in [0.2, 0.25) is 0 Å². The lowest BCUT2D eigenvalue weighted by molar-refractivity contribution is 0.169. The molecular weight excluding hydrogens is 192 g/mol. The normalized spacial score (nSPS) is 24.3. The largest absolute Gasteiger partial charge is 0.465 e. The Bertz CT molecular complexity index is 416. The topological polar surface area (TPSA) is 52.9 Å². The molecule has 78 valence electrons. The highest BCUT2D eigenvalue weighted by Gasteiger charge is 2.33. The van der Waals surface area contributed by atoms with E-state index in [4.69, 9.17) is 5.11 Å². The van der Waals surface area contributed by atoms with Gasteiger partial charge >= 0.3 is 6.09 Å². The van der Waals surface area contributed by atoms with Crippen molar-refractivity contribution in [2.24, 2.45) is 10.9 Å². The van der Waals surface area contributed by atoms with Crippen molar-refractivity contribution in [3.05, 3.63) is 23.4 Å². The van der Waals surface area contributed by atoms with Gasteiger partial charge in [-0.15, -0.1) is 0 Å². The minimum absolute atomic E-state index is 0.531. The molecule has 1 aliphatic carbocycles. The molecule has 0 aromatic carbocycles. The van der Waals surface area contributed by atoms with Crippen molar-refractivity contribution >= 4 is 11.9 Å². The molecule has 4 nitrogen and oxygen atoms in total. The monoisotopic (exact) mass is 204 g/mol. The molecule has 0 radical (unpaired) electrons. The summed E-state index contributed by atoms with van der Waals surface area (Å²) < 4.78 is 0. The average molecular weight is 204 g/mol. The van der Waals surface area contributed by atoms with E-state index in [2.05, 4.69) is 11.1 Å². The number of carboxylic acid groups (broad SMARTS) is 1. The number of allylic oxidation sites excluding steroid dienone is 1. The third-order valence-electron chi connectivity index (χ3n) is 3.00. The first-order valence-corrected chi connectivity index (χ1v) is 5.27. The average Bonchev–Trinajstić information content (AvgIpc) is 2.96. The molecule has 2 heterocycles. The number of carbonyl (C=O) groups is 1. The van der Waals surface area contributed by atoms with Gasteiger partial charge in [0.2, 0.25) is 0 Å². The molecule has 0 bridgehead atoms. The van der Waals surface area contributed by atoms with Crippen LogP contribution in [0.1, 0.15) is 19.3 Å². The van der Waals surface area contributed by atoms with Crippen LogP contribution in [0.3, 0.4) is 0 Å².